The number of rotatable bonds is 18. The number of anilines is 4. The van der Waals surface area contributed by atoms with E-state index in [1.54, 1.807) is 23.9 Å². The number of nitrogens with one attached hydrogen (secondary N) is 2. The molecule has 0 amide bonds. The molecule has 370 valence electrons. The van der Waals surface area contributed by atoms with Gasteiger partial charge in [-0.3, -0.25) is 4.72 Å². The first-order valence-electron chi connectivity index (χ1n) is 23.4. The van der Waals surface area contributed by atoms with E-state index in [2.05, 4.69) is 29.3 Å². The summed E-state index contributed by atoms with van der Waals surface area (Å²) in [6.45, 7) is 10.7. The van der Waals surface area contributed by atoms with Crippen molar-refractivity contribution in [2.45, 2.75) is 72.9 Å². The van der Waals surface area contributed by atoms with Crippen molar-refractivity contribution in [3.8, 4) is 22.4 Å². The number of piperidine rings is 1. The van der Waals surface area contributed by atoms with E-state index < -0.39 is 36.0 Å². The number of halogens is 2. The van der Waals surface area contributed by atoms with Crippen molar-refractivity contribution in [3.63, 3.8) is 0 Å². The topological polar surface area (TPSA) is 165 Å². The second-order valence-corrected chi connectivity index (χ2v) is 22.6. The van der Waals surface area contributed by atoms with Gasteiger partial charge in [-0.05, 0) is 130 Å². The Balaban J connectivity index is 0.940. The number of aromatic carboxylic acids is 1. The molecule has 2 aliphatic heterocycles. The summed E-state index contributed by atoms with van der Waals surface area (Å²) in [5.41, 5.74) is 6.11. The van der Waals surface area contributed by atoms with Gasteiger partial charge in [-0.2, -0.15) is 8.42 Å². The minimum Gasteiger partial charge on any atom is -0.478 e. The molecule has 0 radical (unpaired) electrons. The Kier molecular flexibility index (Phi) is 15.8. The lowest BCUT2D eigenvalue weighted by Crippen LogP contribution is -2.46. The number of carboxylic acid groups (broad SMARTS) is 1. The number of hydrogen-bond donors (Lipinski definition) is 4. The van der Waals surface area contributed by atoms with Crippen LogP contribution in [0.2, 0.25) is 5.02 Å². The maximum atomic E-state index is 15.0. The van der Waals surface area contributed by atoms with E-state index >= 15 is 3.89 Å². The van der Waals surface area contributed by atoms with Crippen molar-refractivity contribution in [1.82, 2.24) is 9.47 Å². The van der Waals surface area contributed by atoms with Crippen molar-refractivity contribution in [1.29, 1.82) is 0 Å². The van der Waals surface area contributed by atoms with Crippen molar-refractivity contribution < 1.29 is 35.7 Å². The number of carboxylic acids is 1. The van der Waals surface area contributed by atoms with Crippen LogP contribution in [0.1, 0.15) is 55.2 Å². The van der Waals surface area contributed by atoms with Gasteiger partial charge in [0.2, 0.25) is 0 Å². The predicted octanol–water partition coefficient (Wildman–Crippen LogP) is 10.3. The van der Waals surface area contributed by atoms with Crippen molar-refractivity contribution in [3.05, 3.63) is 138 Å². The van der Waals surface area contributed by atoms with Crippen LogP contribution >= 0.6 is 23.4 Å². The van der Waals surface area contributed by atoms with Crippen LogP contribution in [-0.2, 0) is 20.2 Å². The van der Waals surface area contributed by atoms with Crippen LogP contribution in [0.4, 0.5) is 26.6 Å². The van der Waals surface area contributed by atoms with Crippen molar-refractivity contribution in [2.24, 2.45) is 0 Å². The zero-order valence-corrected chi connectivity index (χ0v) is 42.5. The Bertz CT molecular complexity index is 3020. The van der Waals surface area contributed by atoms with E-state index in [0.717, 1.165) is 52.2 Å². The van der Waals surface area contributed by atoms with Gasteiger partial charge < -0.3 is 34.8 Å². The second kappa shape index (κ2) is 21.8. The fourth-order valence-corrected chi connectivity index (χ4v) is 12.4. The molecular formula is C52H58ClFN6O7S3. The maximum absolute atomic E-state index is 15.0. The van der Waals surface area contributed by atoms with Gasteiger partial charge >= 0.3 is 16.2 Å². The molecule has 70 heavy (non-hydrogen) atoms. The standard InChI is InChI=1S/C52H58ClFN6O7S3/c1-35(2)60-36(3)49(52(62)63)50(51(60)37-12-14-39(53)15-13-37)38-8-7-9-43(32-38)59-30-28-58(29-31-59)42-18-16-40(17-19-42)56-70(66,67)46-20-21-47(48(33-46)69(54,64)65)55-41(34-68-45-10-5-4-6-11-45)22-25-57-26-23-44(61)24-27-57/h4-21,32-33,35,41,44,55-56,61H,22-31,34H2,1-3H3,(H,62,63)/t41-/m1/s1. The zero-order chi connectivity index (χ0) is 49.7. The lowest BCUT2D eigenvalue weighted by molar-refractivity contribution is 0.0696. The van der Waals surface area contributed by atoms with E-state index in [0.29, 0.717) is 74.0 Å². The summed E-state index contributed by atoms with van der Waals surface area (Å²) in [4.78, 5) is 19.4. The molecule has 18 heteroatoms. The van der Waals surface area contributed by atoms with E-state index in [9.17, 15) is 31.8 Å². The van der Waals surface area contributed by atoms with Crippen LogP contribution in [0.3, 0.4) is 0 Å². The molecule has 8 rings (SSSR count). The number of aliphatic hydroxyl groups excluding tert-OH is 1. The molecule has 0 spiro atoms. The molecule has 0 bridgehead atoms. The normalized spacial score (nSPS) is 15.6. The third-order valence-corrected chi connectivity index (χ3v) is 16.7. The molecule has 0 aliphatic carbocycles. The smallest absolute Gasteiger partial charge is 0.338 e. The highest BCUT2D eigenvalue weighted by atomic mass is 35.5. The molecule has 2 aliphatic rings. The van der Waals surface area contributed by atoms with Crippen molar-refractivity contribution in [2.75, 3.05) is 71.4 Å². The molecule has 6 aromatic rings. The minimum atomic E-state index is -5.36. The average Bonchev–Trinajstić information content (AvgIpc) is 3.66. The molecule has 2 fully saturated rings. The number of nitrogens with zero attached hydrogens (tertiary/aromatic N) is 4. The average molecular weight is 1030 g/mol. The number of piperazine rings is 1. The van der Waals surface area contributed by atoms with Crippen LogP contribution in [0, 0.1) is 6.92 Å². The van der Waals surface area contributed by atoms with E-state index in [4.69, 9.17) is 11.6 Å². The summed E-state index contributed by atoms with van der Waals surface area (Å²) in [6.07, 6.45) is 1.63. The van der Waals surface area contributed by atoms with Gasteiger partial charge in [0.25, 0.3) is 10.0 Å². The lowest BCUT2D eigenvalue weighted by Gasteiger charge is -2.37. The highest BCUT2D eigenvalue weighted by molar-refractivity contribution is 7.99. The first-order valence-corrected chi connectivity index (χ1v) is 27.6. The number of aliphatic hydroxyl groups is 1. The molecular weight excluding hydrogens is 971 g/mol. The summed E-state index contributed by atoms with van der Waals surface area (Å²) in [7, 11) is -9.70. The quantitative estimate of drug-likeness (QED) is 0.0477. The van der Waals surface area contributed by atoms with Gasteiger partial charge in [-0.15, -0.1) is 15.6 Å². The molecule has 0 unspecified atom stereocenters. The van der Waals surface area contributed by atoms with Gasteiger partial charge in [0.1, 0.15) is 4.90 Å². The van der Waals surface area contributed by atoms with Crippen LogP contribution in [0.15, 0.2) is 136 Å². The first-order chi connectivity index (χ1) is 33.4. The number of aromatic nitrogens is 1. The molecule has 3 heterocycles. The van der Waals surface area contributed by atoms with Gasteiger partial charge in [0.05, 0.1) is 27.9 Å². The highest BCUT2D eigenvalue weighted by Crippen LogP contribution is 2.42. The SMILES string of the molecule is Cc1c(C(=O)O)c(-c2cccc(N3CCN(c4ccc(NS(=O)(=O)c5ccc(N[C@H](CCN6CCC(O)CC6)CSc6ccccc6)c(S(=O)(=O)F)c5)cc4)CC3)c2)c(-c2ccc(Cl)cc2)n1C(C)C. The fourth-order valence-electron chi connectivity index (χ4n) is 9.43. The van der Waals surface area contributed by atoms with Crippen LogP contribution in [0.5, 0.6) is 0 Å². The molecule has 0 saturated carbocycles. The van der Waals surface area contributed by atoms with E-state index in [-0.39, 0.29) is 35.1 Å². The number of benzene rings is 5. The summed E-state index contributed by atoms with van der Waals surface area (Å²) in [6, 6.07) is 35.2. The maximum Gasteiger partial charge on any atom is 0.338 e. The van der Waals surface area contributed by atoms with Crippen LogP contribution in [-0.4, -0.2) is 106 Å². The molecule has 1 atom stereocenters. The van der Waals surface area contributed by atoms with Gasteiger partial charge in [0.15, 0.2) is 0 Å². The second-order valence-electron chi connectivity index (χ2n) is 18.1. The number of sulfonamides is 1. The monoisotopic (exact) mass is 1030 g/mol. The molecule has 5 aromatic carbocycles. The predicted molar refractivity (Wildman–Crippen MR) is 280 cm³/mol. The van der Waals surface area contributed by atoms with Crippen molar-refractivity contribution >= 4 is 72.3 Å². The minimum absolute atomic E-state index is 0.00716. The summed E-state index contributed by atoms with van der Waals surface area (Å²) < 4.78 is 72.3. The summed E-state index contributed by atoms with van der Waals surface area (Å²) in [5.74, 6) is -0.463. The molecule has 4 N–H and O–H groups in total. The first kappa shape index (κ1) is 50.8. The third kappa shape index (κ3) is 12.0. The summed E-state index contributed by atoms with van der Waals surface area (Å²) >= 11 is 7.83. The Morgan fingerprint density at radius 2 is 1.46 bits per heavy atom. The number of likely N-dealkylation sites (tertiary alicyclic amines) is 1. The van der Waals surface area contributed by atoms with Gasteiger partial charge in [0, 0.05) is 102 Å². The number of carbonyl (C=O) groups is 1. The number of thioether (sulfide) groups is 1. The fraction of sp³-hybridized carbons (Fsp3) is 0.327. The lowest BCUT2D eigenvalue weighted by atomic mass is 9.96. The molecule has 13 nitrogen and oxygen atoms in total. The highest BCUT2D eigenvalue weighted by Gasteiger charge is 2.30. The largest absolute Gasteiger partial charge is 0.478 e. The van der Waals surface area contributed by atoms with Gasteiger partial charge in [-0.1, -0.05) is 54.1 Å². The summed E-state index contributed by atoms with van der Waals surface area (Å²) in [5, 5.41) is 24.3. The van der Waals surface area contributed by atoms with E-state index in [1.165, 1.54) is 12.1 Å². The Hall–Kier alpha value is -5.56. The van der Waals surface area contributed by atoms with Crippen LogP contribution < -0.4 is 19.8 Å². The molecule has 1 aromatic heterocycles. The Morgan fingerprint density at radius 3 is 2.09 bits per heavy atom. The van der Waals surface area contributed by atoms with E-state index in [1.807, 2.05) is 112 Å². The molecule has 2 saturated heterocycles. The Morgan fingerprint density at radius 1 is 0.800 bits per heavy atom. The van der Waals surface area contributed by atoms with Gasteiger partial charge in [-0.25, -0.2) is 13.2 Å². The number of hydrogen-bond acceptors (Lipinski definition) is 11. The van der Waals surface area contributed by atoms with Crippen LogP contribution in [0.25, 0.3) is 22.4 Å². The third-order valence-electron chi connectivity index (χ3n) is 13.0. The Labute approximate surface area is 419 Å². The zero-order valence-electron chi connectivity index (χ0n) is 39.3.